The van der Waals surface area contributed by atoms with Crippen molar-refractivity contribution in [3.63, 3.8) is 0 Å². The molecule has 3 rings (SSSR count). The summed E-state index contributed by atoms with van der Waals surface area (Å²) in [7, 11) is 1.97. The quantitative estimate of drug-likeness (QED) is 0.889. The molecule has 0 saturated heterocycles. The van der Waals surface area contributed by atoms with Gasteiger partial charge in [0.1, 0.15) is 5.82 Å². The summed E-state index contributed by atoms with van der Waals surface area (Å²) in [5, 5.41) is 7.66. The fourth-order valence-electron chi connectivity index (χ4n) is 2.96. The topological polar surface area (TPSA) is 64.7 Å². The van der Waals surface area contributed by atoms with Gasteiger partial charge < -0.3 is 9.88 Å². The fourth-order valence-corrected chi connectivity index (χ4v) is 2.96. The van der Waals surface area contributed by atoms with Crippen LogP contribution in [0.15, 0.2) is 12.4 Å². The minimum absolute atomic E-state index is 0.0321. The van der Waals surface area contributed by atoms with Crippen molar-refractivity contribution in [2.45, 2.75) is 52.6 Å². The van der Waals surface area contributed by atoms with E-state index in [1.807, 2.05) is 36.3 Å². The largest absolute Gasteiger partial charge is 0.346 e. The maximum absolute atomic E-state index is 12.4. The highest BCUT2D eigenvalue weighted by atomic mass is 16.1. The number of aryl methyl sites for hydroxylation is 3. The van der Waals surface area contributed by atoms with E-state index in [9.17, 15) is 4.79 Å². The Morgan fingerprint density at radius 2 is 2.13 bits per heavy atom. The van der Waals surface area contributed by atoms with Gasteiger partial charge in [0.2, 0.25) is 5.91 Å². The predicted molar refractivity (Wildman–Crippen MR) is 87.9 cm³/mol. The van der Waals surface area contributed by atoms with Crippen molar-refractivity contribution in [2.24, 2.45) is 13.0 Å². The minimum Gasteiger partial charge on any atom is -0.346 e. The van der Waals surface area contributed by atoms with E-state index in [-0.39, 0.29) is 11.9 Å². The van der Waals surface area contributed by atoms with Crippen LogP contribution >= 0.6 is 0 Å². The highest BCUT2D eigenvalue weighted by Crippen LogP contribution is 2.40. The Kier molecular flexibility index (Phi) is 4.24. The monoisotopic (exact) mass is 315 g/mol. The molecular formula is C17H25N5O. The summed E-state index contributed by atoms with van der Waals surface area (Å²) in [6, 6.07) is 0.0321. The number of hydrogen-bond acceptors (Lipinski definition) is 3. The number of rotatable bonds is 6. The average molecular weight is 315 g/mol. The number of carbonyl (C=O) groups is 1. The predicted octanol–water partition coefficient (Wildman–Crippen LogP) is 2.20. The van der Waals surface area contributed by atoms with Crippen LogP contribution in [-0.2, 0) is 18.4 Å². The van der Waals surface area contributed by atoms with Crippen LogP contribution in [0.5, 0.6) is 0 Å². The first-order valence-corrected chi connectivity index (χ1v) is 8.24. The molecular weight excluding hydrogens is 290 g/mol. The van der Waals surface area contributed by atoms with Crippen molar-refractivity contribution in [3.05, 3.63) is 35.2 Å². The zero-order valence-corrected chi connectivity index (χ0v) is 14.3. The van der Waals surface area contributed by atoms with Crippen LogP contribution in [0, 0.1) is 26.7 Å². The summed E-state index contributed by atoms with van der Waals surface area (Å²) < 4.78 is 3.92. The second kappa shape index (κ2) is 6.18. The van der Waals surface area contributed by atoms with E-state index in [1.165, 1.54) is 5.56 Å². The molecule has 1 fully saturated rings. The molecule has 0 unspecified atom stereocenters. The number of nitrogens with one attached hydrogen (secondary N) is 1. The minimum atomic E-state index is 0.0321. The summed E-state index contributed by atoms with van der Waals surface area (Å²) in [6.45, 7) is 6.74. The van der Waals surface area contributed by atoms with Gasteiger partial charge in [-0.1, -0.05) is 0 Å². The molecule has 0 aromatic carbocycles. The first-order valence-electron chi connectivity index (χ1n) is 8.24. The molecule has 0 bridgehead atoms. The van der Waals surface area contributed by atoms with Crippen LogP contribution < -0.4 is 5.32 Å². The van der Waals surface area contributed by atoms with Crippen LogP contribution in [0.4, 0.5) is 0 Å². The van der Waals surface area contributed by atoms with Gasteiger partial charge in [-0.15, -0.1) is 0 Å². The zero-order chi connectivity index (χ0) is 16.6. The number of imidazole rings is 1. The number of nitrogens with zero attached hydrogens (tertiary/aromatic N) is 4. The Morgan fingerprint density at radius 3 is 2.65 bits per heavy atom. The van der Waals surface area contributed by atoms with Gasteiger partial charge in [-0.25, -0.2) is 4.98 Å². The molecule has 0 radical (unpaired) electrons. The van der Waals surface area contributed by atoms with Crippen molar-refractivity contribution in [2.75, 3.05) is 0 Å². The van der Waals surface area contributed by atoms with Gasteiger partial charge in [0.05, 0.1) is 11.7 Å². The van der Waals surface area contributed by atoms with Crippen molar-refractivity contribution >= 4 is 5.91 Å². The molecule has 1 N–H and O–H groups in total. The lowest BCUT2D eigenvalue weighted by Crippen LogP contribution is -2.32. The third kappa shape index (κ3) is 3.30. The molecule has 1 saturated carbocycles. The lowest BCUT2D eigenvalue weighted by Gasteiger charge is -2.18. The molecule has 6 heteroatoms. The Hall–Kier alpha value is -2.11. The molecule has 0 aliphatic heterocycles. The van der Waals surface area contributed by atoms with Gasteiger partial charge in [-0.05, 0) is 45.1 Å². The van der Waals surface area contributed by atoms with Crippen molar-refractivity contribution in [1.29, 1.82) is 0 Å². The van der Waals surface area contributed by atoms with Crippen LogP contribution in [0.3, 0.4) is 0 Å². The average Bonchev–Trinajstić information content (AvgIpc) is 3.23. The van der Waals surface area contributed by atoms with Gasteiger partial charge >= 0.3 is 0 Å². The van der Waals surface area contributed by atoms with E-state index < -0.39 is 0 Å². The van der Waals surface area contributed by atoms with Gasteiger partial charge in [-0.2, -0.15) is 5.10 Å². The summed E-state index contributed by atoms with van der Waals surface area (Å²) in [4.78, 5) is 16.8. The molecule has 2 aromatic rings. The van der Waals surface area contributed by atoms with Gasteiger partial charge in [0.25, 0.3) is 0 Å². The number of amides is 1. The van der Waals surface area contributed by atoms with Crippen molar-refractivity contribution in [3.8, 4) is 0 Å². The second-order valence-corrected chi connectivity index (χ2v) is 6.55. The van der Waals surface area contributed by atoms with Crippen molar-refractivity contribution in [1.82, 2.24) is 24.6 Å². The summed E-state index contributed by atoms with van der Waals surface area (Å²) in [6.07, 6.45) is 6.48. The molecule has 2 aromatic heterocycles. The lowest BCUT2D eigenvalue weighted by molar-refractivity contribution is -0.122. The molecule has 1 aliphatic rings. The van der Waals surface area contributed by atoms with Crippen LogP contribution in [0.2, 0.25) is 0 Å². The number of aromatic nitrogens is 4. The molecule has 0 spiro atoms. The third-order valence-corrected chi connectivity index (χ3v) is 4.84. The first kappa shape index (κ1) is 15.8. The molecule has 6 nitrogen and oxygen atoms in total. The van der Waals surface area contributed by atoms with Crippen LogP contribution in [0.1, 0.15) is 48.1 Å². The normalized spacial score (nSPS) is 15.7. The Morgan fingerprint density at radius 1 is 1.39 bits per heavy atom. The van der Waals surface area contributed by atoms with Crippen LogP contribution in [0.25, 0.3) is 0 Å². The molecule has 1 amide bonds. The fraction of sp³-hybridized carbons (Fsp3) is 0.588. The summed E-state index contributed by atoms with van der Waals surface area (Å²) >= 11 is 0. The van der Waals surface area contributed by atoms with Gasteiger partial charge in [-0.3, -0.25) is 9.48 Å². The summed E-state index contributed by atoms with van der Waals surface area (Å²) in [5.41, 5.74) is 3.37. The maximum Gasteiger partial charge on any atom is 0.222 e. The van der Waals surface area contributed by atoms with Gasteiger partial charge in [0.15, 0.2) is 0 Å². The summed E-state index contributed by atoms with van der Waals surface area (Å²) in [5.74, 6) is 1.54. The van der Waals surface area contributed by atoms with E-state index in [0.29, 0.717) is 18.9 Å². The highest BCUT2D eigenvalue weighted by Gasteiger charge is 2.35. The van der Waals surface area contributed by atoms with Crippen molar-refractivity contribution < 1.29 is 4.79 Å². The second-order valence-electron chi connectivity index (χ2n) is 6.55. The van der Waals surface area contributed by atoms with E-state index in [4.69, 9.17) is 0 Å². The molecule has 1 aliphatic carbocycles. The van der Waals surface area contributed by atoms with E-state index in [0.717, 1.165) is 30.1 Å². The Balaban J connectivity index is 1.62. The SMILES string of the molecule is Cc1nn(CCC(=O)N[C@@H](c2nccn2C)C2CC2)c(C)c1C. The van der Waals surface area contributed by atoms with Crippen LogP contribution in [-0.4, -0.2) is 25.2 Å². The maximum atomic E-state index is 12.4. The number of hydrogen-bond donors (Lipinski definition) is 1. The molecule has 2 heterocycles. The smallest absolute Gasteiger partial charge is 0.222 e. The molecule has 23 heavy (non-hydrogen) atoms. The Labute approximate surface area is 136 Å². The number of carbonyl (C=O) groups excluding carboxylic acids is 1. The zero-order valence-electron chi connectivity index (χ0n) is 14.3. The van der Waals surface area contributed by atoms with E-state index in [1.54, 1.807) is 6.20 Å². The Bertz CT molecular complexity index is 711. The molecule has 1 atom stereocenters. The van der Waals surface area contributed by atoms with Gasteiger partial charge in [0, 0.05) is 38.1 Å². The first-order chi connectivity index (χ1) is 11.0. The van der Waals surface area contributed by atoms with E-state index >= 15 is 0 Å². The van der Waals surface area contributed by atoms with E-state index in [2.05, 4.69) is 22.3 Å². The standard InChI is InChI=1S/C17H25N5O/c1-11-12(2)20-22(13(11)3)9-7-15(23)19-16(14-5-6-14)17-18-8-10-21(17)4/h8,10,14,16H,5-7,9H2,1-4H3,(H,19,23)/t16-/m1/s1. The highest BCUT2D eigenvalue weighted by molar-refractivity contribution is 5.76. The lowest BCUT2D eigenvalue weighted by atomic mass is 10.1. The molecule has 124 valence electrons. The third-order valence-electron chi connectivity index (χ3n) is 4.84.